The number of para-hydroxylation sites is 2. The largest absolute Gasteiger partial charge is 0.455 e. The summed E-state index contributed by atoms with van der Waals surface area (Å²) in [6, 6.07) is 82.9. The zero-order chi connectivity index (χ0) is 43.1. The van der Waals surface area contributed by atoms with Crippen LogP contribution in [-0.2, 0) is 0 Å². The Kier molecular flexibility index (Phi) is 9.46. The van der Waals surface area contributed by atoms with Crippen LogP contribution in [0.5, 0.6) is 0 Å². The molecule has 0 saturated heterocycles. The van der Waals surface area contributed by atoms with E-state index in [4.69, 9.17) is 19.4 Å². The number of fused-ring (bicyclic) bond motifs is 4. The smallest absolute Gasteiger partial charge is 0.164 e. The maximum Gasteiger partial charge on any atom is 0.164 e. The normalized spacial score (nSPS) is 11.4. The predicted octanol–water partition coefficient (Wildman–Crippen LogP) is 16.3. The van der Waals surface area contributed by atoms with Crippen molar-refractivity contribution < 1.29 is 4.42 Å². The highest BCUT2D eigenvalue weighted by atomic mass is 16.3. The molecule has 0 bridgehead atoms. The number of hydrogen-bond donors (Lipinski definition) is 0. The number of hydrogen-bond acceptors (Lipinski definition) is 4. The number of nitrogens with zero attached hydrogens (tertiary/aromatic N) is 3. The summed E-state index contributed by atoms with van der Waals surface area (Å²) in [6.45, 7) is 0. The van der Waals surface area contributed by atoms with Crippen LogP contribution in [-0.4, -0.2) is 15.0 Å². The maximum atomic E-state index is 6.39. The first kappa shape index (κ1) is 38.0. The van der Waals surface area contributed by atoms with Crippen molar-refractivity contribution in [1.82, 2.24) is 15.0 Å². The third-order valence-electron chi connectivity index (χ3n) is 12.4. The maximum absolute atomic E-state index is 6.39. The fraction of sp³-hybridized carbons (Fsp3) is 0. The molecular weight excluding hydrogens is 791 g/mol. The highest BCUT2D eigenvalue weighted by Crippen LogP contribution is 2.40. The average Bonchev–Trinajstić information content (AvgIpc) is 3.78. The number of furan rings is 1. The van der Waals surface area contributed by atoms with E-state index in [1.807, 2.05) is 36.4 Å². The van der Waals surface area contributed by atoms with Gasteiger partial charge in [-0.25, -0.2) is 15.0 Å². The second-order valence-electron chi connectivity index (χ2n) is 16.3. The molecule has 0 atom stereocenters. The molecule has 10 aromatic carbocycles. The molecule has 12 aromatic rings. The zero-order valence-electron chi connectivity index (χ0n) is 35.3. The minimum absolute atomic E-state index is 0.610. The van der Waals surface area contributed by atoms with Gasteiger partial charge in [0.15, 0.2) is 17.5 Å². The zero-order valence-corrected chi connectivity index (χ0v) is 35.3. The molecule has 2 heterocycles. The van der Waals surface area contributed by atoms with Crippen molar-refractivity contribution in [3.05, 3.63) is 237 Å². The summed E-state index contributed by atoms with van der Waals surface area (Å²) in [5, 5.41) is 4.64. The molecule has 0 saturated carbocycles. The third-order valence-corrected chi connectivity index (χ3v) is 12.4. The van der Waals surface area contributed by atoms with Gasteiger partial charge >= 0.3 is 0 Å². The van der Waals surface area contributed by atoms with Crippen molar-refractivity contribution in [2.24, 2.45) is 0 Å². The molecule has 12 rings (SSSR count). The second-order valence-corrected chi connectivity index (χ2v) is 16.3. The van der Waals surface area contributed by atoms with Crippen LogP contribution >= 0.6 is 0 Å². The van der Waals surface area contributed by atoms with E-state index in [1.54, 1.807) is 0 Å². The van der Waals surface area contributed by atoms with Gasteiger partial charge in [0.1, 0.15) is 11.2 Å². The van der Waals surface area contributed by atoms with Crippen LogP contribution in [0.15, 0.2) is 241 Å². The van der Waals surface area contributed by atoms with Crippen LogP contribution in [0.4, 0.5) is 0 Å². The van der Waals surface area contributed by atoms with Gasteiger partial charge in [0.2, 0.25) is 0 Å². The molecular formula is C61H39N3O. The van der Waals surface area contributed by atoms with Gasteiger partial charge in [-0.3, -0.25) is 0 Å². The summed E-state index contributed by atoms with van der Waals surface area (Å²) < 4.78 is 6.39. The van der Waals surface area contributed by atoms with Crippen LogP contribution in [0.3, 0.4) is 0 Å². The molecule has 0 spiro atoms. The van der Waals surface area contributed by atoms with Gasteiger partial charge in [0.25, 0.3) is 0 Å². The Morgan fingerprint density at radius 1 is 0.246 bits per heavy atom. The van der Waals surface area contributed by atoms with E-state index in [0.717, 1.165) is 94.3 Å². The van der Waals surface area contributed by atoms with Crippen LogP contribution in [0.2, 0.25) is 0 Å². The summed E-state index contributed by atoms with van der Waals surface area (Å²) in [7, 11) is 0. The van der Waals surface area contributed by atoms with Crippen molar-refractivity contribution in [3.8, 4) is 89.8 Å². The molecule has 0 fully saturated rings. The van der Waals surface area contributed by atoms with Gasteiger partial charge in [-0.2, -0.15) is 0 Å². The Balaban J connectivity index is 0.943. The lowest BCUT2D eigenvalue weighted by Crippen LogP contribution is -2.02. The highest BCUT2D eigenvalue weighted by molar-refractivity contribution is 6.09. The standard InChI is InChI=1S/C61H39N3O/c1-3-16-41(17-4-1)48-21-9-11-25-54(48)60-62-59(63-61(64-60)55-26-12-10-22-49(55)42-18-5-2-6-19-42)45-36-34-44(35-37-45)56-39-47(38-46-20-7-8-23-50(46)56)40-30-32-43(33-31-40)51-27-15-28-53-52-24-13-14-29-57(52)65-58(51)53/h1-39H. The number of benzene rings is 10. The van der Waals surface area contributed by atoms with E-state index in [-0.39, 0.29) is 0 Å². The molecule has 0 N–H and O–H groups in total. The minimum Gasteiger partial charge on any atom is -0.455 e. The predicted molar refractivity (Wildman–Crippen MR) is 268 cm³/mol. The second kappa shape index (κ2) is 16.2. The molecule has 0 amide bonds. The Bertz CT molecular complexity index is 3590. The van der Waals surface area contributed by atoms with Gasteiger partial charge in [-0.05, 0) is 79.0 Å². The lowest BCUT2D eigenvalue weighted by molar-refractivity contribution is 0.670. The average molecular weight is 830 g/mol. The van der Waals surface area contributed by atoms with Gasteiger partial charge in [0, 0.05) is 33.0 Å². The van der Waals surface area contributed by atoms with E-state index in [0.29, 0.717) is 17.5 Å². The minimum atomic E-state index is 0.610. The van der Waals surface area contributed by atoms with E-state index >= 15 is 0 Å². The quantitative estimate of drug-likeness (QED) is 0.153. The number of rotatable bonds is 8. The van der Waals surface area contributed by atoms with Crippen molar-refractivity contribution >= 4 is 32.7 Å². The molecule has 4 nitrogen and oxygen atoms in total. The molecule has 2 aromatic heterocycles. The SMILES string of the molecule is c1ccc(-c2ccccc2-c2nc(-c3ccc(-c4cc(-c5ccc(-c6cccc7c6oc6ccccc67)cc5)cc5ccccc45)cc3)nc(-c3ccccc3-c3ccccc3)n2)cc1. The van der Waals surface area contributed by atoms with Gasteiger partial charge in [-0.15, -0.1) is 0 Å². The first-order valence-electron chi connectivity index (χ1n) is 21.9. The summed E-state index contributed by atoms with van der Waals surface area (Å²) in [5.41, 5.74) is 15.7. The molecule has 4 heteroatoms. The first-order valence-corrected chi connectivity index (χ1v) is 21.9. The number of aromatic nitrogens is 3. The van der Waals surface area contributed by atoms with Crippen LogP contribution in [0.1, 0.15) is 0 Å². The van der Waals surface area contributed by atoms with E-state index in [1.165, 1.54) is 10.8 Å². The Morgan fingerprint density at radius 3 is 1.34 bits per heavy atom. The van der Waals surface area contributed by atoms with Crippen LogP contribution < -0.4 is 0 Å². The lowest BCUT2D eigenvalue weighted by Gasteiger charge is -2.14. The molecule has 0 radical (unpaired) electrons. The van der Waals surface area contributed by atoms with Crippen molar-refractivity contribution in [3.63, 3.8) is 0 Å². The van der Waals surface area contributed by atoms with Crippen molar-refractivity contribution in [2.75, 3.05) is 0 Å². The lowest BCUT2D eigenvalue weighted by atomic mass is 9.92. The topological polar surface area (TPSA) is 51.8 Å². The summed E-state index contributed by atoms with van der Waals surface area (Å²) in [6.07, 6.45) is 0. The van der Waals surface area contributed by atoms with Gasteiger partial charge in [0.05, 0.1) is 0 Å². The molecule has 65 heavy (non-hydrogen) atoms. The summed E-state index contributed by atoms with van der Waals surface area (Å²) in [4.78, 5) is 15.7. The molecule has 0 unspecified atom stereocenters. The first-order chi connectivity index (χ1) is 32.2. The van der Waals surface area contributed by atoms with Gasteiger partial charge < -0.3 is 4.42 Å². The van der Waals surface area contributed by atoms with Gasteiger partial charge in [-0.1, -0.05) is 218 Å². The van der Waals surface area contributed by atoms with E-state index < -0.39 is 0 Å². The third kappa shape index (κ3) is 7.04. The molecule has 0 aliphatic rings. The molecule has 304 valence electrons. The molecule has 0 aliphatic heterocycles. The van der Waals surface area contributed by atoms with Crippen LogP contribution in [0.25, 0.3) is 123 Å². The molecule has 0 aliphatic carbocycles. The summed E-state index contributed by atoms with van der Waals surface area (Å²) in [5.74, 6) is 1.85. The van der Waals surface area contributed by atoms with E-state index in [9.17, 15) is 0 Å². The van der Waals surface area contributed by atoms with E-state index in [2.05, 4.69) is 200 Å². The Labute approximate surface area is 376 Å². The Morgan fingerprint density at radius 2 is 0.692 bits per heavy atom. The fourth-order valence-electron chi connectivity index (χ4n) is 9.17. The monoisotopic (exact) mass is 829 g/mol. The highest BCUT2D eigenvalue weighted by Gasteiger charge is 2.19. The van der Waals surface area contributed by atoms with Crippen molar-refractivity contribution in [1.29, 1.82) is 0 Å². The Hall–Kier alpha value is -8.73. The van der Waals surface area contributed by atoms with Crippen LogP contribution in [0, 0.1) is 0 Å². The fourth-order valence-corrected chi connectivity index (χ4v) is 9.17. The summed E-state index contributed by atoms with van der Waals surface area (Å²) >= 11 is 0. The van der Waals surface area contributed by atoms with Crippen molar-refractivity contribution in [2.45, 2.75) is 0 Å².